The predicted octanol–water partition coefficient (Wildman–Crippen LogP) is 1.88. The third-order valence-corrected chi connectivity index (χ3v) is 6.08. The smallest absolute Gasteiger partial charge is 0.411 e. The fraction of sp³-hybridized carbons (Fsp3) is 0.259. The SMILES string of the molecule is NC(=O)NCc1ccc(CN(C(=O)OCc2ccc3ccccc3c2)[C@H](CCCN=C(N)N[N+](=O)[O-])C(N)=O)cc1. The lowest BCUT2D eigenvalue weighted by molar-refractivity contribution is -0.525. The van der Waals surface area contributed by atoms with Gasteiger partial charge in [0, 0.05) is 19.6 Å². The van der Waals surface area contributed by atoms with Crippen molar-refractivity contribution >= 4 is 34.8 Å². The van der Waals surface area contributed by atoms with Crippen molar-refractivity contribution in [2.45, 2.75) is 38.6 Å². The first-order valence-corrected chi connectivity index (χ1v) is 12.6. The number of hydrazine groups is 1. The van der Waals surface area contributed by atoms with Crippen molar-refractivity contribution in [1.82, 2.24) is 15.6 Å². The van der Waals surface area contributed by atoms with Crippen molar-refractivity contribution in [3.05, 3.63) is 93.5 Å². The number of carbonyl (C=O) groups excluding carboxylic acids is 3. The number of urea groups is 1. The second-order valence-electron chi connectivity index (χ2n) is 9.09. The molecule has 4 amide bonds. The molecule has 0 bridgehead atoms. The molecule has 1 atom stereocenters. The van der Waals surface area contributed by atoms with Crippen molar-refractivity contribution in [3.8, 4) is 0 Å². The monoisotopic (exact) mass is 564 g/mol. The molecule has 0 spiro atoms. The molecule has 3 aromatic rings. The van der Waals surface area contributed by atoms with Gasteiger partial charge in [0.05, 0.1) is 0 Å². The van der Waals surface area contributed by atoms with Crippen LogP contribution in [0.5, 0.6) is 0 Å². The first-order chi connectivity index (χ1) is 19.6. The van der Waals surface area contributed by atoms with Gasteiger partial charge < -0.3 is 27.3 Å². The number of guanidine groups is 1. The summed E-state index contributed by atoms with van der Waals surface area (Å²) in [6, 6.07) is 18.8. The number of amides is 4. The van der Waals surface area contributed by atoms with Gasteiger partial charge in [0.2, 0.25) is 5.91 Å². The van der Waals surface area contributed by atoms with Gasteiger partial charge in [-0.2, -0.15) is 0 Å². The summed E-state index contributed by atoms with van der Waals surface area (Å²) in [4.78, 5) is 52.4. The molecular formula is C27H32N8O6. The topological polar surface area (TPSA) is 221 Å². The van der Waals surface area contributed by atoms with Crippen LogP contribution >= 0.6 is 0 Å². The Morgan fingerprint density at radius 2 is 1.61 bits per heavy atom. The molecule has 3 rings (SSSR count). The van der Waals surface area contributed by atoms with Gasteiger partial charge in [0.25, 0.3) is 5.96 Å². The molecular weight excluding hydrogens is 532 g/mol. The number of carbonyl (C=O) groups is 3. The maximum absolute atomic E-state index is 13.3. The van der Waals surface area contributed by atoms with E-state index < -0.39 is 29.1 Å². The lowest BCUT2D eigenvalue weighted by Gasteiger charge is -2.29. The van der Waals surface area contributed by atoms with Gasteiger partial charge in [-0.25, -0.2) is 24.7 Å². The van der Waals surface area contributed by atoms with E-state index in [0.29, 0.717) is 5.56 Å². The van der Waals surface area contributed by atoms with Crippen LogP contribution in [0.25, 0.3) is 10.8 Å². The molecule has 0 saturated carbocycles. The van der Waals surface area contributed by atoms with Crippen molar-refractivity contribution in [1.29, 1.82) is 0 Å². The van der Waals surface area contributed by atoms with E-state index in [0.717, 1.165) is 21.9 Å². The normalized spacial score (nSPS) is 11.9. The lowest BCUT2D eigenvalue weighted by atomic mass is 10.1. The molecule has 0 aliphatic carbocycles. The molecule has 14 heteroatoms. The van der Waals surface area contributed by atoms with Gasteiger partial charge in [-0.3, -0.25) is 9.69 Å². The number of nitrogens with zero attached hydrogens (tertiary/aromatic N) is 3. The van der Waals surface area contributed by atoms with E-state index >= 15 is 0 Å². The van der Waals surface area contributed by atoms with Crippen LogP contribution < -0.4 is 27.9 Å². The van der Waals surface area contributed by atoms with Crippen molar-refractivity contribution in [3.63, 3.8) is 0 Å². The number of fused-ring (bicyclic) bond motifs is 1. The number of rotatable bonds is 13. The van der Waals surface area contributed by atoms with E-state index in [-0.39, 0.29) is 45.0 Å². The highest BCUT2D eigenvalue weighted by Crippen LogP contribution is 2.19. The first kappa shape index (κ1) is 30.1. The van der Waals surface area contributed by atoms with Crippen LogP contribution in [-0.2, 0) is 29.2 Å². The minimum absolute atomic E-state index is 0.00196. The van der Waals surface area contributed by atoms with E-state index in [4.69, 9.17) is 21.9 Å². The molecule has 0 unspecified atom stereocenters. The number of primary amides is 2. The standard InChI is InChI=1S/C27H32N8O6/c28-24(36)23(6-3-13-31-25(29)33-35(39)40)34(16-19-9-7-18(8-10-19)15-32-26(30)37)27(38)41-17-20-11-12-21-4-1-2-5-22(21)14-20/h1-2,4-5,7-12,14,23H,3,6,13,15-17H2,(H2,28,36)(H3,29,31,33)(H3,30,32,37)/t23-/m1/s1. The van der Waals surface area contributed by atoms with E-state index in [1.165, 1.54) is 4.90 Å². The summed E-state index contributed by atoms with van der Waals surface area (Å²) in [5.74, 6) is -1.14. The molecule has 0 radical (unpaired) electrons. The van der Waals surface area contributed by atoms with Gasteiger partial charge in [-0.15, -0.1) is 0 Å². The second-order valence-corrected chi connectivity index (χ2v) is 9.09. The fourth-order valence-corrected chi connectivity index (χ4v) is 4.07. The predicted molar refractivity (Wildman–Crippen MR) is 151 cm³/mol. The summed E-state index contributed by atoms with van der Waals surface area (Å²) < 4.78 is 5.60. The Labute approximate surface area is 235 Å². The number of nitrogens with one attached hydrogen (secondary N) is 2. The quantitative estimate of drug-likeness (QED) is 0.0676. The number of hydrogen-bond donors (Lipinski definition) is 5. The number of hydrogen-bond acceptors (Lipinski definition) is 7. The largest absolute Gasteiger partial charge is 0.445 e. The average Bonchev–Trinajstić information content (AvgIpc) is 2.93. The van der Waals surface area contributed by atoms with Gasteiger partial charge in [0.15, 0.2) is 5.03 Å². The zero-order chi connectivity index (χ0) is 29.8. The number of nitrogens with two attached hydrogens (primary N) is 3. The van der Waals surface area contributed by atoms with Gasteiger partial charge >= 0.3 is 12.1 Å². The highest BCUT2D eigenvalue weighted by atomic mass is 16.7. The number of nitro groups is 1. The minimum Gasteiger partial charge on any atom is -0.445 e. The molecule has 8 N–H and O–H groups in total. The Bertz CT molecular complexity index is 1410. The first-order valence-electron chi connectivity index (χ1n) is 12.6. The third-order valence-electron chi connectivity index (χ3n) is 6.08. The molecule has 216 valence electrons. The summed E-state index contributed by atoms with van der Waals surface area (Å²) in [6.45, 7) is 0.253. The second kappa shape index (κ2) is 14.7. The number of ether oxygens (including phenoxy) is 1. The van der Waals surface area contributed by atoms with E-state index in [9.17, 15) is 24.5 Å². The van der Waals surface area contributed by atoms with Crippen LogP contribution in [0.4, 0.5) is 9.59 Å². The molecule has 0 saturated heterocycles. The van der Waals surface area contributed by atoms with Crippen molar-refractivity contribution in [2.75, 3.05) is 6.54 Å². The van der Waals surface area contributed by atoms with E-state index in [1.54, 1.807) is 29.7 Å². The van der Waals surface area contributed by atoms with Crippen molar-refractivity contribution in [2.24, 2.45) is 22.2 Å². The molecule has 0 fully saturated rings. The molecule has 0 heterocycles. The van der Waals surface area contributed by atoms with Crippen LogP contribution in [0.2, 0.25) is 0 Å². The molecule has 41 heavy (non-hydrogen) atoms. The average molecular weight is 565 g/mol. The van der Waals surface area contributed by atoms with Crippen LogP contribution in [0.3, 0.4) is 0 Å². The highest BCUT2D eigenvalue weighted by molar-refractivity contribution is 5.85. The maximum Gasteiger partial charge on any atom is 0.411 e. The Kier molecular flexibility index (Phi) is 10.8. The fourth-order valence-electron chi connectivity index (χ4n) is 4.07. The maximum atomic E-state index is 13.3. The Hall–Kier alpha value is -5.40. The zero-order valence-corrected chi connectivity index (χ0v) is 22.2. The number of benzene rings is 3. The third kappa shape index (κ3) is 9.69. The highest BCUT2D eigenvalue weighted by Gasteiger charge is 2.29. The van der Waals surface area contributed by atoms with Gasteiger partial charge in [0.1, 0.15) is 12.6 Å². The molecule has 0 aliphatic rings. The van der Waals surface area contributed by atoms with Crippen LogP contribution in [0, 0.1) is 10.1 Å². The molecule has 3 aromatic carbocycles. The summed E-state index contributed by atoms with van der Waals surface area (Å²) in [6.07, 6.45) is -0.393. The minimum atomic E-state index is -1.06. The van der Waals surface area contributed by atoms with E-state index in [2.05, 4.69) is 10.3 Å². The molecule has 14 nitrogen and oxygen atoms in total. The number of aliphatic imine (C=N–C) groups is 1. The van der Waals surface area contributed by atoms with Crippen LogP contribution in [0.15, 0.2) is 71.7 Å². The summed E-state index contributed by atoms with van der Waals surface area (Å²) in [5.41, 5.74) is 20.2. The van der Waals surface area contributed by atoms with Gasteiger partial charge in [-0.05, 0) is 46.4 Å². The Morgan fingerprint density at radius 3 is 2.27 bits per heavy atom. The molecule has 0 aromatic heterocycles. The zero-order valence-electron chi connectivity index (χ0n) is 22.2. The van der Waals surface area contributed by atoms with Crippen molar-refractivity contribution < 1.29 is 24.2 Å². The lowest BCUT2D eigenvalue weighted by Crippen LogP contribution is -2.47. The Morgan fingerprint density at radius 1 is 0.951 bits per heavy atom. The van der Waals surface area contributed by atoms with Gasteiger partial charge in [-0.1, -0.05) is 66.1 Å². The summed E-state index contributed by atoms with van der Waals surface area (Å²) in [7, 11) is 0. The summed E-state index contributed by atoms with van der Waals surface area (Å²) >= 11 is 0. The van der Waals surface area contributed by atoms with Crippen LogP contribution in [0.1, 0.15) is 29.5 Å². The molecule has 0 aliphatic heterocycles. The van der Waals surface area contributed by atoms with Crippen LogP contribution in [-0.4, -0.2) is 46.5 Å². The Balaban J connectivity index is 1.75. The van der Waals surface area contributed by atoms with E-state index in [1.807, 2.05) is 42.5 Å². The summed E-state index contributed by atoms with van der Waals surface area (Å²) in [5, 5.41) is 14.2.